The second-order valence-corrected chi connectivity index (χ2v) is 8.10. The first-order valence-corrected chi connectivity index (χ1v) is 10.3. The molecule has 1 aromatic carbocycles. The fraction of sp³-hybridized carbons (Fsp3) is 0.476. The zero-order valence-electron chi connectivity index (χ0n) is 15.8. The molecule has 1 amide bonds. The summed E-state index contributed by atoms with van der Waals surface area (Å²) in [5, 5.41) is 5.34. The third kappa shape index (κ3) is 5.40. The largest absolute Gasteiger partial charge is 0.348 e. The maximum absolute atomic E-state index is 12.5. The molecular formula is C21H29N3OS. The zero-order valence-corrected chi connectivity index (χ0v) is 16.6. The Labute approximate surface area is 160 Å². The van der Waals surface area contributed by atoms with E-state index in [-0.39, 0.29) is 11.9 Å². The number of piperazine rings is 1. The molecule has 5 heteroatoms. The molecule has 4 nitrogen and oxygen atoms in total. The molecular weight excluding hydrogens is 342 g/mol. The molecule has 1 aliphatic heterocycles. The maximum atomic E-state index is 12.5. The van der Waals surface area contributed by atoms with Crippen molar-refractivity contribution in [2.24, 2.45) is 0 Å². The van der Waals surface area contributed by atoms with Gasteiger partial charge < -0.3 is 5.32 Å². The number of amides is 1. The van der Waals surface area contributed by atoms with Gasteiger partial charge in [-0.3, -0.25) is 14.6 Å². The molecule has 1 saturated heterocycles. The molecule has 3 rings (SSSR count). The number of hydrogen-bond donors (Lipinski definition) is 1. The van der Waals surface area contributed by atoms with Crippen LogP contribution in [0, 0.1) is 6.92 Å². The molecule has 1 atom stereocenters. The van der Waals surface area contributed by atoms with E-state index in [4.69, 9.17) is 0 Å². The van der Waals surface area contributed by atoms with Gasteiger partial charge in [-0.15, -0.1) is 11.3 Å². The minimum atomic E-state index is 0.100. The summed E-state index contributed by atoms with van der Waals surface area (Å²) in [6.07, 6.45) is 0.906. The molecule has 0 spiro atoms. The van der Waals surface area contributed by atoms with Gasteiger partial charge in [0.25, 0.3) is 0 Å². The van der Waals surface area contributed by atoms with Crippen molar-refractivity contribution in [1.82, 2.24) is 15.1 Å². The number of rotatable bonds is 7. The number of carbonyl (C=O) groups is 1. The molecule has 1 aliphatic rings. The van der Waals surface area contributed by atoms with E-state index in [2.05, 4.69) is 70.7 Å². The molecule has 2 heterocycles. The highest BCUT2D eigenvalue weighted by molar-refractivity contribution is 7.09. The van der Waals surface area contributed by atoms with Crippen molar-refractivity contribution in [2.75, 3.05) is 32.7 Å². The Hall–Kier alpha value is -1.69. The topological polar surface area (TPSA) is 35.6 Å². The predicted molar refractivity (Wildman–Crippen MR) is 108 cm³/mol. The van der Waals surface area contributed by atoms with E-state index >= 15 is 0 Å². The van der Waals surface area contributed by atoms with E-state index in [1.807, 2.05) is 11.3 Å². The van der Waals surface area contributed by atoms with Crippen LogP contribution >= 0.6 is 11.3 Å². The van der Waals surface area contributed by atoms with Crippen molar-refractivity contribution < 1.29 is 4.79 Å². The van der Waals surface area contributed by atoms with Crippen LogP contribution in [0.5, 0.6) is 0 Å². The minimum absolute atomic E-state index is 0.100. The lowest BCUT2D eigenvalue weighted by Gasteiger charge is -2.34. The number of aryl methyl sites for hydroxylation is 1. The third-order valence-corrected chi connectivity index (χ3v) is 5.88. The van der Waals surface area contributed by atoms with Gasteiger partial charge in [-0.05, 0) is 30.4 Å². The van der Waals surface area contributed by atoms with Gasteiger partial charge in [0.1, 0.15) is 0 Å². The van der Waals surface area contributed by atoms with Gasteiger partial charge in [-0.25, -0.2) is 0 Å². The molecule has 2 aromatic rings. The summed E-state index contributed by atoms with van der Waals surface area (Å²) in [6.45, 7) is 9.70. The summed E-state index contributed by atoms with van der Waals surface area (Å²) in [5.41, 5.74) is 2.43. The van der Waals surface area contributed by atoms with Crippen LogP contribution in [-0.2, 0) is 11.3 Å². The summed E-state index contributed by atoms with van der Waals surface area (Å²) in [4.78, 5) is 18.7. The first-order valence-electron chi connectivity index (χ1n) is 9.47. The van der Waals surface area contributed by atoms with E-state index < -0.39 is 0 Å². The second-order valence-electron chi connectivity index (χ2n) is 7.07. The van der Waals surface area contributed by atoms with Gasteiger partial charge in [0.15, 0.2) is 0 Å². The van der Waals surface area contributed by atoms with Crippen molar-refractivity contribution in [3.63, 3.8) is 0 Å². The first kappa shape index (κ1) is 19.1. The lowest BCUT2D eigenvalue weighted by Crippen LogP contribution is -2.49. The normalized spacial score (nSPS) is 17.2. The van der Waals surface area contributed by atoms with Crippen LogP contribution in [0.25, 0.3) is 0 Å². The monoisotopic (exact) mass is 371 g/mol. The van der Waals surface area contributed by atoms with Crippen LogP contribution < -0.4 is 5.32 Å². The number of nitrogens with one attached hydrogen (secondary N) is 1. The van der Waals surface area contributed by atoms with Gasteiger partial charge in [0.05, 0.1) is 12.6 Å². The Balaban J connectivity index is 1.44. The van der Waals surface area contributed by atoms with Crippen LogP contribution in [0.3, 0.4) is 0 Å². The van der Waals surface area contributed by atoms with Crippen LogP contribution in [0.15, 0.2) is 41.8 Å². The van der Waals surface area contributed by atoms with Gasteiger partial charge >= 0.3 is 0 Å². The Bertz CT molecular complexity index is 676. The summed E-state index contributed by atoms with van der Waals surface area (Å²) in [5.74, 6) is 0.129. The van der Waals surface area contributed by atoms with Crippen molar-refractivity contribution in [3.05, 3.63) is 57.8 Å². The van der Waals surface area contributed by atoms with E-state index in [1.165, 1.54) is 16.0 Å². The fourth-order valence-electron chi connectivity index (χ4n) is 3.39. The Morgan fingerprint density at radius 1 is 1.12 bits per heavy atom. The van der Waals surface area contributed by atoms with Gasteiger partial charge in [-0.2, -0.15) is 0 Å². The summed E-state index contributed by atoms with van der Waals surface area (Å²) in [7, 11) is 0. The van der Waals surface area contributed by atoms with E-state index in [9.17, 15) is 4.79 Å². The highest BCUT2D eigenvalue weighted by atomic mass is 32.1. The highest BCUT2D eigenvalue weighted by Crippen LogP contribution is 2.17. The van der Waals surface area contributed by atoms with E-state index in [1.54, 1.807) is 0 Å². The average Bonchev–Trinajstić information content (AvgIpc) is 3.15. The van der Waals surface area contributed by atoms with Crippen molar-refractivity contribution >= 4 is 17.2 Å². The van der Waals surface area contributed by atoms with E-state index in [0.717, 1.165) is 39.1 Å². The molecule has 0 aliphatic carbocycles. The minimum Gasteiger partial charge on any atom is -0.348 e. The molecule has 1 aromatic heterocycles. The lowest BCUT2D eigenvalue weighted by atomic mass is 10.0. The zero-order chi connectivity index (χ0) is 18.4. The number of carbonyl (C=O) groups excluding carboxylic acids is 1. The Morgan fingerprint density at radius 2 is 1.81 bits per heavy atom. The third-order valence-electron chi connectivity index (χ3n) is 5.01. The Morgan fingerprint density at radius 3 is 2.42 bits per heavy atom. The Kier molecular flexibility index (Phi) is 6.83. The number of hydrogen-bond acceptors (Lipinski definition) is 4. The summed E-state index contributed by atoms with van der Waals surface area (Å²) >= 11 is 1.82. The van der Waals surface area contributed by atoms with Crippen molar-refractivity contribution in [3.8, 4) is 0 Å². The molecule has 26 heavy (non-hydrogen) atoms. The van der Waals surface area contributed by atoms with Crippen LogP contribution in [-0.4, -0.2) is 48.4 Å². The predicted octanol–water partition coefficient (Wildman–Crippen LogP) is 3.44. The fourth-order valence-corrected chi connectivity index (χ4v) is 4.14. The SMILES string of the molecule is CC[C@H](NC(=O)CN1CCN(Cc2cccs2)CC1)c1ccc(C)cc1. The lowest BCUT2D eigenvalue weighted by molar-refractivity contribution is -0.123. The standard InChI is InChI=1S/C21H29N3OS/c1-3-20(18-8-6-17(2)7-9-18)22-21(25)16-24-12-10-23(11-13-24)15-19-5-4-14-26-19/h4-9,14,20H,3,10-13,15-16H2,1-2H3,(H,22,25)/t20-/m0/s1. The molecule has 0 unspecified atom stereocenters. The summed E-state index contributed by atoms with van der Waals surface area (Å²) < 4.78 is 0. The molecule has 0 bridgehead atoms. The number of thiophene rings is 1. The molecule has 140 valence electrons. The van der Waals surface area contributed by atoms with Gasteiger partial charge in [0, 0.05) is 37.6 Å². The average molecular weight is 372 g/mol. The quantitative estimate of drug-likeness (QED) is 0.810. The second kappa shape index (κ2) is 9.31. The molecule has 0 saturated carbocycles. The van der Waals surface area contributed by atoms with Crippen LogP contribution in [0.1, 0.15) is 35.4 Å². The highest BCUT2D eigenvalue weighted by Gasteiger charge is 2.20. The molecule has 0 radical (unpaired) electrons. The smallest absolute Gasteiger partial charge is 0.234 e. The van der Waals surface area contributed by atoms with Crippen molar-refractivity contribution in [1.29, 1.82) is 0 Å². The van der Waals surface area contributed by atoms with Crippen LogP contribution in [0.4, 0.5) is 0 Å². The molecule has 1 fully saturated rings. The summed E-state index contributed by atoms with van der Waals surface area (Å²) in [6, 6.07) is 12.9. The van der Waals surface area contributed by atoms with E-state index in [0.29, 0.717) is 6.54 Å². The maximum Gasteiger partial charge on any atom is 0.234 e. The first-order chi connectivity index (χ1) is 12.6. The number of benzene rings is 1. The molecule has 1 N–H and O–H groups in total. The van der Waals surface area contributed by atoms with Crippen LogP contribution in [0.2, 0.25) is 0 Å². The van der Waals surface area contributed by atoms with Gasteiger partial charge in [-0.1, -0.05) is 42.8 Å². The number of nitrogens with zero attached hydrogens (tertiary/aromatic N) is 2. The van der Waals surface area contributed by atoms with Gasteiger partial charge in [0.2, 0.25) is 5.91 Å². The van der Waals surface area contributed by atoms with Crippen molar-refractivity contribution in [2.45, 2.75) is 32.9 Å².